The Labute approximate surface area is 107 Å². The van der Waals surface area contributed by atoms with Gasteiger partial charge in [-0.1, -0.05) is 6.92 Å². The zero-order valence-corrected chi connectivity index (χ0v) is 10.6. The van der Waals surface area contributed by atoms with Gasteiger partial charge in [-0.25, -0.2) is 4.79 Å². The molecule has 1 aromatic carbocycles. The summed E-state index contributed by atoms with van der Waals surface area (Å²) in [6, 6.07) is 4.59. The third kappa shape index (κ3) is 2.94. The molecule has 0 heterocycles. The van der Waals surface area contributed by atoms with Crippen LogP contribution < -0.4 is 10.5 Å². The predicted octanol–water partition coefficient (Wildman–Crippen LogP) is 2.92. The van der Waals surface area contributed by atoms with Gasteiger partial charge in [0.1, 0.15) is 5.75 Å². The first kappa shape index (κ1) is 12.7. The summed E-state index contributed by atoms with van der Waals surface area (Å²) in [5.41, 5.74) is 6.53. The van der Waals surface area contributed by atoms with Crippen LogP contribution in [0.5, 0.6) is 5.75 Å². The lowest BCUT2D eigenvalue weighted by Gasteiger charge is -2.27. The minimum absolute atomic E-state index is 0.160. The number of hydrogen-bond donors (Lipinski definition) is 2. The highest BCUT2D eigenvalue weighted by atomic mass is 16.5. The average Bonchev–Trinajstić information content (AvgIpc) is 2.34. The van der Waals surface area contributed by atoms with Gasteiger partial charge in [-0.05, 0) is 49.8 Å². The van der Waals surface area contributed by atoms with Crippen molar-refractivity contribution in [1.82, 2.24) is 0 Å². The Morgan fingerprint density at radius 1 is 1.33 bits per heavy atom. The maximum atomic E-state index is 10.9. The lowest BCUT2D eigenvalue weighted by atomic mass is 9.89. The summed E-state index contributed by atoms with van der Waals surface area (Å²) >= 11 is 0. The summed E-state index contributed by atoms with van der Waals surface area (Å²) in [6.45, 7) is 2.25. The van der Waals surface area contributed by atoms with E-state index in [1.165, 1.54) is 12.1 Å². The monoisotopic (exact) mass is 249 g/mol. The molecule has 4 heteroatoms. The van der Waals surface area contributed by atoms with Crippen LogP contribution >= 0.6 is 0 Å². The molecule has 0 bridgehead atoms. The number of rotatable bonds is 3. The van der Waals surface area contributed by atoms with Crippen LogP contribution in [0.4, 0.5) is 5.69 Å². The summed E-state index contributed by atoms with van der Waals surface area (Å²) in [7, 11) is 0. The third-order valence-corrected chi connectivity index (χ3v) is 3.52. The summed E-state index contributed by atoms with van der Waals surface area (Å²) in [4.78, 5) is 10.9. The lowest BCUT2D eigenvalue weighted by molar-refractivity contribution is 0.0695. The molecular formula is C14H19NO3. The van der Waals surface area contributed by atoms with Crippen LogP contribution in [0.15, 0.2) is 18.2 Å². The van der Waals surface area contributed by atoms with E-state index in [0.717, 1.165) is 31.6 Å². The molecule has 98 valence electrons. The van der Waals surface area contributed by atoms with E-state index < -0.39 is 5.97 Å². The van der Waals surface area contributed by atoms with Crippen molar-refractivity contribution in [3.8, 4) is 5.75 Å². The van der Waals surface area contributed by atoms with Crippen LogP contribution in [-0.2, 0) is 0 Å². The number of nitrogens with two attached hydrogens (primary N) is 1. The summed E-state index contributed by atoms with van der Waals surface area (Å²) in [5.74, 6) is 0.291. The molecule has 0 amide bonds. The Hall–Kier alpha value is -1.71. The van der Waals surface area contributed by atoms with Gasteiger partial charge in [0, 0.05) is 0 Å². The quantitative estimate of drug-likeness (QED) is 0.808. The number of ether oxygens (including phenoxy) is 1. The number of carboxylic acids is 1. The van der Waals surface area contributed by atoms with E-state index in [-0.39, 0.29) is 11.7 Å². The molecule has 1 saturated carbocycles. The zero-order chi connectivity index (χ0) is 13.1. The SMILES string of the molecule is CC1CCC(Oc2cc(C(=O)O)ccc2N)CC1. The predicted molar refractivity (Wildman–Crippen MR) is 69.9 cm³/mol. The maximum absolute atomic E-state index is 10.9. The Kier molecular flexibility index (Phi) is 3.75. The van der Waals surface area contributed by atoms with Crippen LogP contribution in [0.2, 0.25) is 0 Å². The number of aromatic carboxylic acids is 1. The first-order valence-corrected chi connectivity index (χ1v) is 6.35. The number of carbonyl (C=O) groups is 1. The van der Waals surface area contributed by atoms with E-state index in [4.69, 9.17) is 15.6 Å². The van der Waals surface area contributed by atoms with E-state index >= 15 is 0 Å². The second kappa shape index (κ2) is 5.29. The fourth-order valence-corrected chi connectivity index (χ4v) is 2.30. The Bertz CT molecular complexity index is 437. The molecule has 0 aromatic heterocycles. The van der Waals surface area contributed by atoms with Gasteiger partial charge >= 0.3 is 5.97 Å². The van der Waals surface area contributed by atoms with E-state index in [2.05, 4.69) is 6.92 Å². The molecule has 1 fully saturated rings. The number of carboxylic acid groups (broad SMARTS) is 1. The van der Waals surface area contributed by atoms with E-state index in [1.807, 2.05) is 0 Å². The summed E-state index contributed by atoms with van der Waals surface area (Å²) in [5, 5.41) is 8.94. The van der Waals surface area contributed by atoms with Gasteiger partial charge in [0.2, 0.25) is 0 Å². The Balaban J connectivity index is 2.08. The number of nitrogen functional groups attached to an aromatic ring is 1. The minimum Gasteiger partial charge on any atom is -0.488 e. The first-order valence-electron chi connectivity index (χ1n) is 6.35. The minimum atomic E-state index is -0.961. The van der Waals surface area contributed by atoms with Gasteiger partial charge in [0.05, 0.1) is 17.4 Å². The number of hydrogen-bond acceptors (Lipinski definition) is 3. The van der Waals surface area contributed by atoms with Crippen molar-refractivity contribution < 1.29 is 14.6 Å². The summed E-state index contributed by atoms with van der Waals surface area (Å²) < 4.78 is 5.84. The summed E-state index contributed by atoms with van der Waals surface area (Å²) in [6.07, 6.45) is 4.50. The highest BCUT2D eigenvalue weighted by molar-refractivity contribution is 5.89. The molecule has 4 nitrogen and oxygen atoms in total. The molecule has 0 atom stereocenters. The van der Waals surface area contributed by atoms with Crippen LogP contribution in [0.1, 0.15) is 43.0 Å². The average molecular weight is 249 g/mol. The van der Waals surface area contributed by atoms with E-state index in [1.54, 1.807) is 6.07 Å². The van der Waals surface area contributed by atoms with Crippen LogP contribution in [-0.4, -0.2) is 17.2 Å². The van der Waals surface area contributed by atoms with Crippen LogP contribution in [0.3, 0.4) is 0 Å². The molecule has 0 radical (unpaired) electrons. The molecule has 1 aromatic rings. The molecule has 18 heavy (non-hydrogen) atoms. The van der Waals surface area contributed by atoms with Gasteiger partial charge < -0.3 is 15.6 Å². The Morgan fingerprint density at radius 2 is 2.00 bits per heavy atom. The van der Waals surface area contributed by atoms with Gasteiger partial charge in [-0.3, -0.25) is 0 Å². The number of anilines is 1. The van der Waals surface area contributed by atoms with Crippen molar-refractivity contribution in [2.45, 2.75) is 38.7 Å². The second-order valence-corrected chi connectivity index (χ2v) is 5.06. The van der Waals surface area contributed by atoms with Gasteiger partial charge in [0.25, 0.3) is 0 Å². The van der Waals surface area contributed by atoms with Crippen molar-refractivity contribution in [1.29, 1.82) is 0 Å². The maximum Gasteiger partial charge on any atom is 0.335 e. The zero-order valence-electron chi connectivity index (χ0n) is 10.6. The van der Waals surface area contributed by atoms with Crippen molar-refractivity contribution in [3.05, 3.63) is 23.8 Å². The number of benzene rings is 1. The molecule has 1 aliphatic rings. The van der Waals surface area contributed by atoms with E-state index in [9.17, 15) is 4.79 Å². The lowest BCUT2D eigenvalue weighted by Crippen LogP contribution is -2.23. The van der Waals surface area contributed by atoms with Crippen molar-refractivity contribution >= 4 is 11.7 Å². The fourth-order valence-electron chi connectivity index (χ4n) is 2.30. The molecule has 0 unspecified atom stereocenters. The van der Waals surface area contributed by atoms with Crippen LogP contribution in [0.25, 0.3) is 0 Å². The van der Waals surface area contributed by atoms with Crippen molar-refractivity contribution in [2.24, 2.45) is 5.92 Å². The highest BCUT2D eigenvalue weighted by Crippen LogP contribution is 2.30. The molecule has 0 saturated heterocycles. The molecule has 1 aliphatic carbocycles. The highest BCUT2D eigenvalue weighted by Gasteiger charge is 2.20. The van der Waals surface area contributed by atoms with Gasteiger partial charge in [0.15, 0.2) is 0 Å². The largest absolute Gasteiger partial charge is 0.488 e. The first-order chi connectivity index (χ1) is 8.56. The molecule has 0 aliphatic heterocycles. The molecule has 3 N–H and O–H groups in total. The van der Waals surface area contributed by atoms with Crippen LogP contribution in [0, 0.1) is 5.92 Å². The normalized spacial score (nSPS) is 23.6. The molecule has 0 spiro atoms. The fraction of sp³-hybridized carbons (Fsp3) is 0.500. The Morgan fingerprint density at radius 3 is 2.61 bits per heavy atom. The van der Waals surface area contributed by atoms with E-state index in [0.29, 0.717) is 11.4 Å². The third-order valence-electron chi connectivity index (χ3n) is 3.52. The van der Waals surface area contributed by atoms with Gasteiger partial charge in [-0.15, -0.1) is 0 Å². The van der Waals surface area contributed by atoms with Gasteiger partial charge in [-0.2, -0.15) is 0 Å². The second-order valence-electron chi connectivity index (χ2n) is 5.06. The molecular weight excluding hydrogens is 230 g/mol. The standard InChI is InChI=1S/C14H19NO3/c1-9-2-5-11(6-3-9)18-13-8-10(14(16)17)4-7-12(13)15/h4,7-9,11H,2-3,5-6,15H2,1H3,(H,16,17). The van der Waals surface area contributed by atoms with Crippen molar-refractivity contribution in [3.63, 3.8) is 0 Å². The smallest absolute Gasteiger partial charge is 0.335 e. The van der Waals surface area contributed by atoms with Crippen molar-refractivity contribution in [2.75, 3.05) is 5.73 Å². The topological polar surface area (TPSA) is 72.5 Å². The molecule has 2 rings (SSSR count).